The van der Waals surface area contributed by atoms with E-state index in [1.807, 2.05) is 41.9 Å². The zero-order valence-corrected chi connectivity index (χ0v) is 16.4. The standard InChI is InChI=1S/C18H16Cl2N4OS/c1-11(17(25)21-15-10-6-5-9-14(15)20)26-18-23-22-16(24(18)2)12-7-3-4-8-13(12)19/h3-11H,1-2H3,(H,21,25)/t11-/m0/s1. The van der Waals surface area contributed by atoms with Crippen LogP contribution in [-0.2, 0) is 11.8 Å². The van der Waals surface area contributed by atoms with Crippen molar-refractivity contribution < 1.29 is 4.79 Å². The SMILES string of the molecule is C[C@H](Sc1nnc(-c2ccccc2Cl)n1C)C(=O)Nc1ccccc1Cl. The molecule has 8 heteroatoms. The first-order valence-electron chi connectivity index (χ1n) is 7.83. The molecule has 26 heavy (non-hydrogen) atoms. The lowest BCUT2D eigenvalue weighted by molar-refractivity contribution is -0.115. The van der Waals surface area contributed by atoms with Crippen LogP contribution in [0.2, 0.25) is 10.0 Å². The van der Waals surface area contributed by atoms with Gasteiger partial charge in [-0.05, 0) is 31.2 Å². The van der Waals surface area contributed by atoms with Gasteiger partial charge in [-0.1, -0.05) is 59.2 Å². The van der Waals surface area contributed by atoms with E-state index in [0.717, 1.165) is 5.56 Å². The van der Waals surface area contributed by atoms with Gasteiger partial charge in [0.05, 0.1) is 21.0 Å². The van der Waals surface area contributed by atoms with Gasteiger partial charge in [0.1, 0.15) is 0 Å². The summed E-state index contributed by atoms with van der Waals surface area (Å²) in [5, 5.41) is 12.6. The minimum absolute atomic E-state index is 0.162. The average molecular weight is 407 g/mol. The molecule has 134 valence electrons. The summed E-state index contributed by atoms with van der Waals surface area (Å²) in [7, 11) is 1.85. The molecule has 0 unspecified atom stereocenters. The van der Waals surface area contributed by atoms with E-state index in [1.54, 1.807) is 25.1 Å². The number of hydrogen-bond donors (Lipinski definition) is 1. The van der Waals surface area contributed by atoms with E-state index in [1.165, 1.54) is 11.8 Å². The second kappa shape index (κ2) is 8.12. The van der Waals surface area contributed by atoms with E-state index in [2.05, 4.69) is 15.5 Å². The summed E-state index contributed by atoms with van der Waals surface area (Å²) in [6.45, 7) is 1.81. The number of amides is 1. The Hall–Kier alpha value is -2.02. The summed E-state index contributed by atoms with van der Waals surface area (Å²) in [4.78, 5) is 12.4. The molecule has 0 saturated heterocycles. The molecule has 0 bridgehead atoms. The smallest absolute Gasteiger partial charge is 0.237 e. The fraction of sp³-hybridized carbons (Fsp3) is 0.167. The molecule has 0 aliphatic heterocycles. The molecule has 1 aromatic heterocycles. The Morgan fingerprint density at radius 2 is 1.73 bits per heavy atom. The molecular formula is C18H16Cl2N4OS. The first kappa shape index (κ1) is 18.8. The van der Waals surface area contributed by atoms with Gasteiger partial charge in [0, 0.05) is 12.6 Å². The van der Waals surface area contributed by atoms with Crippen LogP contribution in [0.5, 0.6) is 0 Å². The van der Waals surface area contributed by atoms with Crippen molar-refractivity contribution in [3.63, 3.8) is 0 Å². The molecular weight excluding hydrogens is 391 g/mol. The summed E-state index contributed by atoms with van der Waals surface area (Å²) in [6.07, 6.45) is 0. The lowest BCUT2D eigenvalue weighted by atomic mass is 10.2. The Morgan fingerprint density at radius 3 is 2.42 bits per heavy atom. The van der Waals surface area contributed by atoms with Gasteiger partial charge < -0.3 is 9.88 Å². The van der Waals surface area contributed by atoms with Crippen LogP contribution in [-0.4, -0.2) is 25.9 Å². The molecule has 0 saturated carbocycles. The number of thioether (sulfide) groups is 1. The predicted octanol–water partition coefficient (Wildman–Crippen LogP) is 4.91. The fourth-order valence-electron chi connectivity index (χ4n) is 2.30. The largest absolute Gasteiger partial charge is 0.324 e. The van der Waals surface area contributed by atoms with E-state index < -0.39 is 0 Å². The molecule has 0 fully saturated rings. The van der Waals surface area contributed by atoms with Crippen molar-refractivity contribution in [2.24, 2.45) is 7.05 Å². The molecule has 3 rings (SSSR count). The summed E-state index contributed by atoms with van der Waals surface area (Å²) < 4.78 is 1.82. The van der Waals surface area contributed by atoms with Crippen LogP contribution in [0.15, 0.2) is 53.7 Å². The van der Waals surface area contributed by atoms with Crippen LogP contribution >= 0.6 is 35.0 Å². The number of rotatable bonds is 5. The summed E-state index contributed by atoms with van der Waals surface area (Å²) in [5.41, 5.74) is 1.38. The van der Waals surface area contributed by atoms with Crippen molar-refractivity contribution in [2.45, 2.75) is 17.3 Å². The van der Waals surface area contributed by atoms with Crippen LogP contribution in [0.25, 0.3) is 11.4 Å². The molecule has 0 radical (unpaired) electrons. The number of carbonyl (C=O) groups excluding carboxylic acids is 1. The minimum atomic E-state index is -0.381. The van der Waals surface area contributed by atoms with Crippen molar-refractivity contribution in [1.82, 2.24) is 14.8 Å². The van der Waals surface area contributed by atoms with E-state index in [9.17, 15) is 4.79 Å². The number of aromatic nitrogens is 3. The van der Waals surface area contributed by atoms with Crippen LogP contribution in [0.1, 0.15) is 6.92 Å². The molecule has 3 aromatic rings. The maximum Gasteiger partial charge on any atom is 0.237 e. The van der Waals surface area contributed by atoms with Crippen molar-refractivity contribution in [2.75, 3.05) is 5.32 Å². The highest BCUT2D eigenvalue weighted by Gasteiger charge is 2.20. The molecule has 2 aromatic carbocycles. The third-order valence-corrected chi connectivity index (χ3v) is 5.53. The molecule has 5 nitrogen and oxygen atoms in total. The van der Waals surface area contributed by atoms with Crippen LogP contribution in [0, 0.1) is 0 Å². The van der Waals surface area contributed by atoms with Gasteiger partial charge in [0.25, 0.3) is 0 Å². The van der Waals surface area contributed by atoms with Crippen LogP contribution in [0.3, 0.4) is 0 Å². The Bertz CT molecular complexity index is 944. The van der Waals surface area contributed by atoms with E-state index >= 15 is 0 Å². The van der Waals surface area contributed by atoms with Gasteiger partial charge >= 0.3 is 0 Å². The zero-order valence-electron chi connectivity index (χ0n) is 14.1. The van der Waals surface area contributed by atoms with E-state index in [0.29, 0.717) is 26.7 Å². The van der Waals surface area contributed by atoms with Gasteiger partial charge in [-0.25, -0.2) is 0 Å². The van der Waals surface area contributed by atoms with Crippen molar-refractivity contribution in [3.8, 4) is 11.4 Å². The first-order valence-corrected chi connectivity index (χ1v) is 9.47. The van der Waals surface area contributed by atoms with Crippen molar-refractivity contribution in [3.05, 3.63) is 58.6 Å². The lowest BCUT2D eigenvalue weighted by Crippen LogP contribution is -2.23. The Labute approximate surface area is 165 Å². The summed E-state index contributed by atoms with van der Waals surface area (Å²) in [6, 6.07) is 14.6. The van der Waals surface area contributed by atoms with Crippen LogP contribution in [0.4, 0.5) is 5.69 Å². The molecule has 1 N–H and O–H groups in total. The molecule has 0 aliphatic rings. The number of anilines is 1. The highest BCUT2D eigenvalue weighted by atomic mass is 35.5. The summed E-state index contributed by atoms with van der Waals surface area (Å²) >= 11 is 13.6. The normalized spacial score (nSPS) is 12.0. The Kier molecular flexibility index (Phi) is 5.86. The van der Waals surface area contributed by atoms with Gasteiger partial charge in [-0.15, -0.1) is 10.2 Å². The lowest BCUT2D eigenvalue weighted by Gasteiger charge is -2.12. The van der Waals surface area contributed by atoms with E-state index in [-0.39, 0.29) is 11.2 Å². The Morgan fingerprint density at radius 1 is 1.08 bits per heavy atom. The molecule has 0 spiro atoms. The number of nitrogens with one attached hydrogen (secondary N) is 1. The maximum absolute atomic E-state index is 12.4. The highest BCUT2D eigenvalue weighted by molar-refractivity contribution is 8.00. The number of halogens is 2. The third-order valence-electron chi connectivity index (χ3n) is 3.73. The van der Waals surface area contributed by atoms with Gasteiger partial charge in [0.15, 0.2) is 11.0 Å². The topological polar surface area (TPSA) is 59.8 Å². The maximum atomic E-state index is 12.4. The number of hydrogen-bond acceptors (Lipinski definition) is 4. The van der Waals surface area contributed by atoms with Crippen molar-refractivity contribution >= 4 is 46.6 Å². The molecule has 1 amide bonds. The average Bonchev–Trinajstić information content (AvgIpc) is 2.98. The van der Waals surface area contributed by atoms with Crippen LogP contribution < -0.4 is 5.32 Å². The molecule has 1 atom stereocenters. The second-order valence-corrected chi connectivity index (χ2v) is 7.70. The van der Waals surface area contributed by atoms with E-state index in [4.69, 9.17) is 23.2 Å². The van der Waals surface area contributed by atoms with Gasteiger partial charge in [0.2, 0.25) is 5.91 Å². The third kappa shape index (κ3) is 4.03. The number of carbonyl (C=O) groups is 1. The zero-order chi connectivity index (χ0) is 18.7. The molecule has 0 aliphatic carbocycles. The molecule has 1 heterocycles. The minimum Gasteiger partial charge on any atom is -0.324 e. The predicted molar refractivity (Wildman–Crippen MR) is 107 cm³/mol. The monoisotopic (exact) mass is 406 g/mol. The quantitative estimate of drug-likeness (QED) is 0.611. The second-order valence-electron chi connectivity index (χ2n) is 5.57. The van der Waals surface area contributed by atoms with Gasteiger partial charge in [-0.3, -0.25) is 4.79 Å². The highest BCUT2D eigenvalue weighted by Crippen LogP contribution is 2.30. The van der Waals surface area contributed by atoms with Gasteiger partial charge in [-0.2, -0.15) is 0 Å². The van der Waals surface area contributed by atoms with Crippen molar-refractivity contribution in [1.29, 1.82) is 0 Å². The fourth-order valence-corrected chi connectivity index (χ4v) is 3.52. The number of para-hydroxylation sites is 1. The Balaban J connectivity index is 1.74. The number of benzene rings is 2. The first-order chi connectivity index (χ1) is 12.5. The summed E-state index contributed by atoms with van der Waals surface area (Å²) in [5.74, 6) is 0.488. The number of nitrogens with zero attached hydrogens (tertiary/aromatic N) is 3.